The minimum absolute atomic E-state index is 0.122. The zero-order valence-electron chi connectivity index (χ0n) is 13.3. The number of para-hydroxylation sites is 1. The van der Waals surface area contributed by atoms with E-state index in [2.05, 4.69) is 0 Å². The van der Waals surface area contributed by atoms with Crippen LogP contribution in [0.4, 0.5) is 0 Å². The van der Waals surface area contributed by atoms with E-state index in [0.29, 0.717) is 31.9 Å². The molecule has 1 aromatic heterocycles. The first-order chi connectivity index (χ1) is 11.8. The number of furan rings is 1. The Kier molecular flexibility index (Phi) is 5.77. The summed E-state index contributed by atoms with van der Waals surface area (Å²) < 4.78 is 16.2. The molecule has 3 rings (SSSR count). The number of rotatable bonds is 6. The third-order valence-corrected chi connectivity index (χ3v) is 4.38. The predicted octanol–water partition coefficient (Wildman–Crippen LogP) is 3.63. The van der Waals surface area contributed by atoms with Gasteiger partial charge >= 0.3 is 0 Å². The van der Waals surface area contributed by atoms with Crippen molar-refractivity contribution in [2.45, 2.75) is 18.9 Å². The number of benzene rings is 1. The highest BCUT2D eigenvalue weighted by atomic mass is 35.5. The van der Waals surface area contributed by atoms with Crippen molar-refractivity contribution in [1.29, 1.82) is 0 Å². The second-order valence-electron chi connectivity index (χ2n) is 5.61. The zero-order valence-corrected chi connectivity index (χ0v) is 14.1. The molecular weight excluding hydrogens is 330 g/mol. The van der Waals surface area contributed by atoms with Gasteiger partial charge in [-0.1, -0.05) is 18.2 Å². The molecule has 0 bridgehead atoms. The summed E-state index contributed by atoms with van der Waals surface area (Å²) in [6, 6.07) is 11.3. The van der Waals surface area contributed by atoms with Crippen molar-refractivity contribution < 1.29 is 18.7 Å². The highest BCUT2D eigenvalue weighted by Crippen LogP contribution is 2.23. The van der Waals surface area contributed by atoms with Crippen LogP contribution < -0.4 is 4.74 Å². The summed E-state index contributed by atoms with van der Waals surface area (Å²) in [4.78, 5) is 14.7. The van der Waals surface area contributed by atoms with Gasteiger partial charge in [-0.2, -0.15) is 0 Å². The topological polar surface area (TPSA) is 51.9 Å². The van der Waals surface area contributed by atoms with Crippen molar-refractivity contribution in [2.75, 3.05) is 26.4 Å². The van der Waals surface area contributed by atoms with Gasteiger partial charge in [0, 0.05) is 19.3 Å². The molecule has 1 saturated heterocycles. The summed E-state index contributed by atoms with van der Waals surface area (Å²) in [5.74, 6) is 0.663. The normalized spacial score (nSPS) is 15.2. The molecule has 0 radical (unpaired) electrons. The molecule has 24 heavy (non-hydrogen) atoms. The lowest BCUT2D eigenvalue weighted by atomic mass is 10.1. The second-order valence-corrected chi connectivity index (χ2v) is 5.95. The first-order valence-corrected chi connectivity index (χ1v) is 8.43. The molecule has 2 heterocycles. The smallest absolute Gasteiger partial charge is 0.259 e. The maximum absolute atomic E-state index is 12.9. The third-order valence-electron chi connectivity index (χ3n) is 4.08. The number of halogens is 1. The van der Waals surface area contributed by atoms with Crippen LogP contribution in [0.15, 0.2) is 47.1 Å². The van der Waals surface area contributed by atoms with E-state index in [1.165, 1.54) is 6.26 Å². The van der Waals surface area contributed by atoms with Crippen LogP contribution in [0.1, 0.15) is 23.2 Å². The van der Waals surface area contributed by atoms with Crippen molar-refractivity contribution in [3.05, 3.63) is 53.4 Å². The Hall–Kier alpha value is -1.98. The number of ether oxygens (including phenoxy) is 2. The van der Waals surface area contributed by atoms with Crippen molar-refractivity contribution in [1.82, 2.24) is 4.90 Å². The minimum Gasteiger partial charge on any atom is -0.492 e. The second kappa shape index (κ2) is 8.22. The quantitative estimate of drug-likeness (QED) is 0.799. The van der Waals surface area contributed by atoms with Crippen LogP contribution in [-0.2, 0) is 4.74 Å². The van der Waals surface area contributed by atoms with E-state index >= 15 is 0 Å². The van der Waals surface area contributed by atoms with Gasteiger partial charge in [-0.25, -0.2) is 0 Å². The molecule has 1 fully saturated rings. The maximum atomic E-state index is 12.9. The molecule has 0 spiro atoms. The van der Waals surface area contributed by atoms with Crippen molar-refractivity contribution in [2.24, 2.45) is 0 Å². The van der Waals surface area contributed by atoms with Crippen LogP contribution in [0, 0.1) is 0 Å². The van der Waals surface area contributed by atoms with Crippen molar-refractivity contribution in [3.63, 3.8) is 0 Å². The molecule has 5 nitrogen and oxygen atoms in total. The third kappa shape index (κ3) is 4.10. The van der Waals surface area contributed by atoms with Crippen molar-refractivity contribution in [3.8, 4) is 5.75 Å². The first-order valence-electron chi connectivity index (χ1n) is 8.05. The van der Waals surface area contributed by atoms with Gasteiger partial charge in [0.2, 0.25) is 5.22 Å². The molecule has 128 valence electrons. The molecular formula is C18H20ClNO4. The standard InChI is InChI=1S/C18H20ClNO4/c19-17-16(8-12-24-17)18(21)20(14-6-10-22-11-7-14)9-13-23-15-4-2-1-3-5-15/h1-5,8,12,14H,6-7,9-11,13H2. The van der Waals surface area contributed by atoms with E-state index in [9.17, 15) is 4.79 Å². The van der Waals surface area contributed by atoms with E-state index in [0.717, 1.165) is 18.6 Å². The molecule has 2 aromatic rings. The Morgan fingerprint density at radius 2 is 1.96 bits per heavy atom. The fraction of sp³-hybridized carbons (Fsp3) is 0.389. The Bertz CT molecular complexity index is 652. The van der Waals surface area contributed by atoms with E-state index in [1.807, 2.05) is 35.2 Å². The van der Waals surface area contributed by atoms with Crippen LogP contribution in [0.25, 0.3) is 0 Å². The molecule has 6 heteroatoms. The fourth-order valence-corrected chi connectivity index (χ4v) is 3.02. The lowest BCUT2D eigenvalue weighted by molar-refractivity contribution is 0.0256. The lowest BCUT2D eigenvalue weighted by Gasteiger charge is -2.34. The molecule has 1 amide bonds. The lowest BCUT2D eigenvalue weighted by Crippen LogP contribution is -2.45. The van der Waals surface area contributed by atoms with Crippen LogP contribution in [0.3, 0.4) is 0 Å². The number of carbonyl (C=O) groups excluding carboxylic acids is 1. The van der Waals surface area contributed by atoms with E-state index in [1.54, 1.807) is 6.07 Å². The Morgan fingerprint density at radius 1 is 1.21 bits per heavy atom. The van der Waals surface area contributed by atoms with Crippen LogP contribution in [-0.4, -0.2) is 43.2 Å². The average molecular weight is 350 g/mol. The maximum Gasteiger partial charge on any atom is 0.259 e. The van der Waals surface area contributed by atoms with E-state index < -0.39 is 0 Å². The van der Waals surface area contributed by atoms with Crippen LogP contribution in [0.5, 0.6) is 5.75 Å². The SMILES string of the molecule is O=C(c1ccoc1Cl)N(CCOc1ccccc1)C1CCOCC1. The Labute approximate surface area is 146 Å². The van der Waals surface area contributed by atoms with Gasteiger partial charge in [-0.05, 0) is 42.6 Å². The van der Waals surface area contributed by atoms with Crippen molar-refractivity contribution >= 4 is 17.5 Å². The number of carbonyl (C=O) groups is 1. The van der Waals surface area contributed by atoms with Gasteiger partial charge in [0.25, 0.3) is 5.91 Å². The van der Waals surface area contributed by atoms with E-state index in [-0.39, 0.29) is 17.2 Å². The minimum atomic E-state index is -0.127. The predicted molar refractivity (Wildman–Crippen MR) is 90.5 cm³/mol. The van der Waals surface area contributed by atoms with Crippen LogP contribution in [0.2, 0.25) is 5.22 Å². The summed E-state index contributed by atoms with van der Waals surface area (Å²) in [6.45, 7) is 2.22. The Balaban J connectivity index is 1.67. The molecule has 1 aliphatic heterocycles. The van der Waals surface area contributed by atoms with Gasteiger partial charge in [0.05, 0.1) is 18.4 Å². The van der Waals surface area contributed by atoms with Crippen LogP contribution >= 0.6 is 11.6 Å². The summed E-state index contributed by atoms with van der Waals surface area (Å²) in [5.41, 5.74) is 0.392. The average Bonchev–Trinajstić information content (AvgIpc) is 3.06. The summed E-state index contributed by atoms with van der Waals surface area (Å²) in [5, 5.41) is 0.126. The van der Waals surface area contributed by atoms with Gasteiger partial charge in [0.1, 0.15) is 12.4 Å². The molecule has 0 N–H and O–H groups in total. The summed E-state index contributed by atoms with van der Waals surface area (Å²) in [6.07, 6.45) is 3.05. The summed E-state index contributed by atoms with van der Waals surface area (Å²) in [7, 11) is 0. The molecule has 1 aliphatic rings. The number of nitrogens with zero attached hydrogens (tertiary/aromatic N) is 1. The van der Waals surface area contributed by atoms with Gasteiger partial charge in [-0.15, -0.1) is 0 Å². The zero-order chi connectivity index (χ0) is 16.8. The molecule has 1 aromatic carbocycles. The van der Waals surface area contributed by atoms with Gasteiger partial charge in [0.15, 0.2) is 0 Å². The highest BCUT2D eigenvalue weighted by molar-refractivity contribution is 6.32. The molecule has 0 saturated carbocycles. The molecule has 0 aliphatic carbocycles. The fourth-order valence-electron chi connectivity index (χ4n) is 2.83. The Morgan fingerprint density at radius 3 is 2.62 bits per heavy atom. The van der Waals surface area contributed by atoms with E-state index in [4.69, 9.17) is 25.5 Å². The van der Waals surface area contributed by atoms with Gasteiger partial charge < -0.3 is 18.8 Å². The monoisotopic (exact) mass is 349 g/mol. The highest BCUT2D eigenvalue weighted by Gasteiger charge is 2.28. The van der Waals surface area contributed by atoms with Gasteiger partial charge in [-0.3, -0.25) is 4.79 Å². The number of amides is 1. The first kappa shape index (κ1) is 16.9. The molecule has 0 atom stereocenters. The number of hydrogen-bond donors (Lipinski definition) is 0. The number of hydrogen-bond acceptors (Lipinski definition) is 4. The largest absolute Gasteiger partial charge is 0.492 e. The summed E-state index contributed by atoms with van der Waals surface area (Å²) >= 11 is 5.98. The molecule has 0 unspecified atom stereocenters.